The van der Waals surface area contributed by atoms with Crippen molar-refractivity contribution in [2.24, 2.45) is 10.9 Å². The summed E-state index contributed by atoms with van der Waals surface area (Å²) in [5.41, 5.74) is 7.38. The molecule has 0 radical (unpaired) electrons. The highest BCUT2D eigenvalue weighted by atomic mass is 32.2. The third-order valence-corrected chi connectivity index (χ3v) is 4.11. The van der Waals surface area contributed by atoms with Crippen LogP contribution in [0, 0.1) is 0 Å². The van der Waals surface area contributed by atoms with Crippen LogP contribution in [-0.4, -0.2) is 29.3 Å². The van der Waals surface area contributed by atoms with E-state index in [9.17, 15) is 4.21 Å². The number of hydrogen-bond donors (Lipinski definition) is 1. The van der Waals surface area contributed by atoms with Gasteiger partial charge in [-0.15, -0.1) is 0 Å². The van der Waals surface area contributed by atoms with Gasteiger partial charge in [0.25, 0.3) is 0 Å². The molecule has 0 spiro atoms. The molecule has 1 aromatic carbocycles. The highest BCUT2D eigenvalue weighted by molar-refractivity contribution is 7.84. The Balaban J connectivity index is 2.74. The zero-order valence-electron chi connectivity index (χ0n) is 13.0. The fraction of sp³-hybridized carbons (Fsp3) is 0.562. The van der Waals surface area contributed by atoms with Crippen LogP contribution in [0.4, 0.5) is 0 Å². The molecule has 1 atom stereocenters. The van der Waals surface area contributed by atoms with Crippen molar-refractivity contribution >= 4 is 16.5 Å². The first-order chi connectivity index (χ1) is 10.2. The highest BCUT2D eigenvalue weighted by Crippen LogP contribution is 2.13. The fourth-order valence-corrected chi connectivity index (χ4v) is 2.50. The third-order valence-electron chi connectivity index (χ3n) is 3.17. The van der Waals surface area contributed by atoms with Crippen molar-refractivity contribution in [3.63, 3.8) is 0 Å². The van der Waals surface area contributed by atoms with Crippen LogP contribution < -0.4 is 5.73 Å². The molecule has 0 fully saturated rings. The Labute approximate surface area is 130 Å². The van der Waals surface area contributed by atoms with Crippen molar-refractivity contribution in [3.8, 4) is 0 Å². The van der Waals surface area contributed by atoms with Gasteiger partial charge in [0, 0.05) is 28.5 Å². The van der Waals surface area contributed by atoms with Gasteiger partial charge in [-0.25, -0.2) is 0 Å². The standard InChI is InChI=1S/C16H26N2O2S/c1-3-4-5-6-7-16(18-20-13-12-17)14-8-10-15(11-9-14)21(2)19/h8-11H,3-7,12-13,17H2,1-2H3. The van der Waals surface area contributed by atoms with Gasteiger partial charge in [0.2, 0.25) is 0 Å². The first-order valence-corrected chi connectivity index (χ1v) is 9.07. The van der Waals surface area contributed by atoms with Crippen LogP contribution >= 0.6 is 0 Å². The van der Waals surface area contributed by atoms with Gasteiger partial charge in [0.15, 0.2) is 0 Å². The average Bonchev–Trinajstić information content (AvgIpc) is 2.50. The summed E-state index contributed by atoms with van der Waals surface area (Å²) in [5, 5.41) is 4.22. The van der Waals surface area contributed by atoms with E-state index < -0.39 is 10.8 Å². The van der Waals surface area contributed by atoms with E-state index in [1.165, 1.54) is 19.3 Å². The van der Waals surface area contributed by atoms with Crippen LogP contribution in [0.2, 0.25) is 0 Å². The predicted octanol–water partition coefficient (Wildman–Crippen LogP) is 3.07. The molecule has 0 aromatic heterocycles. The van der Waals surface area contributed by atoms with Crippen LogP contribution in [0.25, 0.3) is 0 Å². The molecule has 0 saturated heterocycles. The Hall–Kier alpha value is -1.20. The molecule has 0 bridgehead atoms. The summed E-state index contributed by atoms with van der Waals surface area (Å²) < 4.78 is 11.4. The van der Waals surface area contributed by atoms with E-state index in [4.69, 9.17) is 10.6 Å². The maximum Gasteiger partial charge on any atom is 0.129 e. The van der Waals surface area contributed by atoms with E-state index >= 15 is 0 Å². The SMILES string of the molecule is CCCCCCC(=NOCCN)c1ccc(S(C)=O)cc1. The first-order valence-electron chi connectivity index (χ1n) is 7.51. The van der Waals surface area contributed by atoms with Crippen LogP contribution in [0.5, 0.6) is 0 Å². The number of oxime groups is 1. The van der Waals surface area contributed by atoms with Crippen molar-refractivity contribution in [2.75, 3.05) is 19.4 Å². The smallest absolute Gasteiger partial charge is 0.129 e. The molecule has 1 rings (SSSR count). The van der Waals surface area contributed by atoms with Crippen LogP contribution in [-0.2, 0) is 15.6 Å². The van der Waals surface area contributed by atoms with Crippen molar-refractivity contribution in [1.82, 2.24) is 0 Å². The van der Waals surface area contributed by atoms with E-state index in [1.54, 1.807) is 6.26 Å². The molecule has 0 aliphatic rings. The molecule has 0 amide bonds. The van der Waals surface area contributed by atoms with Gasteiger partial charge in [0.1, 0.15) is 6.61 Å². The largest absolute Gasteiger partial charge is 0.394 e. The van der Waals surface area contributed by atoms with Gasteiger partial charge in [-0.2, -0.15) is 0 Å². The summed E-state index contributed by atoms with van der Waals surface area (Å²) in [6, 6.07) is 7.69. The monoisotopic (exact) mass is 310 g/mol. The number of nitrogens with zero attached hydrogens (tertiary/aromatic N) is 1. The van der Waals surface area contributed by atoms with E-state index in [2.05, 4.69) is 12.1 Å². The summed E-state index contributed by atoms with van der Waals surface area (Å²) in [6.45, 7) is 3.08. The molecule has 0 heterocycles. The van der Waals surface area contributed by atoms with E-state index in [1.807, 2.05) is 24.3 Å². The molecule has 21 heavy (non-hydrogen) atoms. The third kappa shape index (κ3) is 6.87. The second-order valence-electron chi connectivity index (χ2n) is 4.95. The van der Waals surface area contributed by atoms with Crippen molar-refractivity contribution in [3.05, 3.63) is 29.8 Å². The molecule has 2 N–H and O–H groups in total. The number of unbranched alkanes of at least 4 members (excludes halogenated alkanes) is 3. The molecular formula is C16H26N2O2S. The molecule has 118 valence electrons. The first kappa shape index (κ1) is 17.9. The molecular weight excluding hydrogens is 284 g/mol. The lowest BCUT2D eigenvalue weighted by Crippen LogP contribution is -2.08. The summed E-state index contributed by atoms with van der Waals surface area (Å²) in [7, 11) is -0.953. The fourth-order valence-electron chi connectivity index (χ4n) is 1.98. The zero-order valence-corrected chi connectivity index (χ0v) is 13.8. The van der Waals surface area contributed by atoms with E-state index in [0.717, 1.165) is 29.0 Å². The minimum atomic E-state index is -0.953. The van der Waals surface area contributed by atoms with Gasteiger partial charge in [-0.3, -0.25) is 4.21 Å². The maximum atomic E-state index is 11.4. The number of hydrogen-bond acceptors (Lipinski definition) is 4. The van der Waals surface area contributed by atoms with Crippen LogP contribution in [0.15, 0.2) is 34.3 Å². The van der Waals surface area contributed by atoms with E-state index in [-0.39, 0.29) is 0 Å². The topological polar surface area (TPSA) is 64.7 Å². The molecule has 1 aromatic rings. The van der Waals surface area contributed by atoms with Crippen molar-refractivity contribution in [2.45, 2.75) is 43.9 Å². The molecule has 0 aliphatic heterocycles. The molecule has 0 saturated carbocycles. The molecule has 5 heteroatoms. The zero-order chi connectivity index (χ0) is 15.5. The van der Waals surface area contributed by atoms with E-state index in [0.29, 0.717) is 13.2 Å². The Morgan fingerprint density at radius 1 is 1.24 bits per heavy atom. The second kappa shape index (κ2) is 10.5. The lowest BCUT2D eigenvalue weighted by Gasteiger charge is -2.08. The summed E-state index contributed by atoms with van der Waals surface area (Å²) in [6.07, 6.45) is 7.32. The van der Waals surface area contributed by atoms with Crippen LogP contribution in [0.1, 0.15) is 44.6 Å². The lowest BCUT2D eigenvalue weighted by atomic mass is 10.0. The van der Waals surface area contributed by atoms with Gasteiger partial charge in [-0.05, 0) is 30.5 Å². The van der Waals surface area contributed by atoms with Crippen LogP contribution in [0.3, 0.4) is 0 Å². The Bertz CT molecular complexity index is 458. The normalized spacial score (nSPS) is 13.2. The number of nitrogens with two attached hydrogens (primary N) is 1. The van der Waals surface area contributed by atoms with Gasteiger partial charge < -0.3 is 10.6 Å². The minimum Gasteiger partial charge on any atom is -0.394 e. The van der Waals surface area contributed by atoms with Gasteiger partial charge >= 0.3 is 0 Å². The quantitative estimate of drug-likeness (QED) is 0.410. The summed E-state index contributed by atoms with van der Waals surface area (Å²) in [5.74, 6) is 0. The van der Waals surface area contributed by atoms with Gasteiger partial charge in [-0.1, -0.05) is 43.5 Å². The molecule has 1 unspecified atom stereocenters. The highest BCUT2D eigenvalue weighted by Gasteiger charge is 2.06. The lowest BCUT2D eigenvalue weighted by molar-refractivity contribution is 0.151. The second-order valence-corrected chi connectivity index (χ2v) is 6.33. The van der Waals surface area contributed by atoms with Gasteiger partial charge in [0.05, 0.1) is 5.71 Å². The Morgan fingerprint density at radius 2 is 1.95 bits per heavy atom. The Kier molecular flexibility index (Phi) is 8.94. The average molecular weight is 310 g/mol. The number of benzene rings is 1. The number of rotatable bonds is 10. The van der Waals surface area contributed by atoms with Crippen molar-refractivity contribution in [1.29, 1.82) is 0 Å². The maximum absolute atomic E-state index is 11.4. The molecule has 4 nitrogen and oxygen atoms in total. The predicted molar refractivity (Wildman–Crippen MR) is 89.1 cm³/mol. The van der Waals surface area contributed by atoms with Crippen molar-refractivity contribution < 1.29 is 9.05 Å². The Morgan fingerprint density at radius 3 is 2.52 bits per heavy atom. The minimum absolute atomic E-state index is 0.426. The summed E-state index contributed by atoms with van der Waals surface area (Å²) in [4.78, 5) is 6.06. The molecule has 0 aliphatic carbocycles. The summed E-state index contributed by atoms with van der Waals surface area (Å²) >= 11 is 0.